The molecule has 1 atom stereocenters. The zero-order valence-electron chi connectivity index (χ0n) is 13.6. The Morgan fingerprint density at radius 2 is 1.92 bits per heavy atom. The van der Waals surface area contributed by atoms with E-state index in [1.54, 1.807) is 0 Å². The third kappa shape index (κ3) is 2.66. The van der Waals surface area contributed by atoms with Gasteiger partial charge >= 0.3 is 6.03 Å². The number of nitrogens with one attached hydrogen (secondary N) is 2. The lowest BCUT2D eigenvalue weighted by Gasteiger charge is -2.18. The Hall–Kier alpha value is -2.69. The van der Waals surface area contributed by atoms with Crippen molar-refractivity contribution in [2.45, 2.75) is 25.8 Å². The van der Waals surface area contributed by atoms with Crippen molar-refractivity contribution in [2.75, 3.05) is 18.5 Å². The van der Waals surface area contributed by atoms with Gasteiger partial charge in [0.15, 0.2) is 0 Å². The number of fused-ring (bicyclic) bond motifs is 2. The molecule has 2 aliphatic rings. The fraction of sp³-hybridized carbons (Fsp3) is 0.316. The van der Waals surface area contributed by atoms with Crippen molar-refractivity contribution >= 4 is 11.7 Å². The second kappa shape index (κ2) is 6.07. The minimum absolute atomic E-state index is 0.0758. The van der Waals surface area contributed by atoms with Crippen molar-refractivity contribution in [2.24, 2.45) is 0 Å². The highest BCUT2D eigenvalue weighted by Crippen LogP contribution is 2.44. The van der Waals surface area contributed by atoms with Crippen LogP contribution in [0.15, 0.2) is 36.4 Å². The van der Waals surface area contributed by atoms with Gasteiger partial charge in [0.2, 0.25) is 0 Å². The summed E-state index contributed by atoms with van der Waals surface area (Å²) in [6, 6.07) is 11.6. The minimum Gasteiger partial charge on any atom is -0.493 e. The van der Waals surface area contributed by atoms with E-state index in [9.17, 15) is 4.79 Å². The summed E-state index contributed by atoms with van der Waals surface area (Å²) in [7, 11) is 0. The van der Waals surface area contributed by atoms with Gasteiger partial charge in [0.1, 0.15) is 11.5 Å². The number of amides is 2. The molecule has 124 valence electrons. The largest absolute Gasteiger partial charge is 0.493 e. The number of carbonyl (C=O) groups is 1. The van der Waals surface area contributed by atoms with E-state index in [1.165, 1.54) is 0 Å². The molecule has 2 N–H and O–H groups in total. The number of hydrogen-bond donors (Lipinski definition) is 2. The molecule has 0 radical (unpaired) electrons. The number of anilines is 1. The van der Waals surface area contributed by atoms with Gasteiger partial charge < -0.3 is 20.1 Å². The highest BCUT2D eigenvalue weighted by Gasteiger charge is 2.27. The van der Waals surface area contributed by atoms with Crippen LogP contribution in [0.25, 0.3) is 0 Å². The first-order chi connectivity index (χ1) is 11.7. The molecule has 0 spiro atoms. The number of hydrogen-bond acceptors (Lipinski definition) is 3. The zero-order chi connectivity index (χ0) is 16.5. The summed E-state index contributed by atoms with van der Waals surface area (Å²) in [4.78, 5) is 12.5. The standard InChI is InChI=1S/C19H20N2O3/c1-12(13-5-3-2-4-6-13)20-19(22)21-17-15-8-10-23-16(15)11-14-7-9-24-18(14)17/h2-6,11-12H,7-10H2,1H3,(H2,20,21,22). The minimum atomic E-state index is -0.232. The van der Waals surface area contributed by atoms with Crippen LogP contribution < -0.4 is 20.1 Å². The van der Waals surface area contributed by atoms with Gasteiger partial charge in [-0.25, -0.2) is 4.79 Å². The number of ether oxygens (including phenoxy) is 2. The van der Waals surface area contributed by atoms with E-state index >= 15 is 0 Å². The van der Waals surface area contributed by atoms with E-state index in [0.29, 0.717) is 13.2 Å². The van der Waals surface area contributed by atoms with Gasteiger partial charge in [-0.05, 0) is 18.6 Å². The fourth-order valence-corrected chi connectivity index (χ4v) is 3.29. The Balaban J connectivity index is 1.54. The van der Waals surface area contributed by atoms with E-state index in [1.807, 2.05) is 43.3 Å². The fourth-order valence-electron chi connectivity index (χ4n) is 3.29. The predicted octanol–water partition coefficient (Wildman–Crippen LogP) is 3.44. The van der Waals surface area contributed by atoms with E-state index in [-0.39, 0.29) is 12.1 Å². The molecule has 2 heterocycles. The molecule has 24 heavy (non-hydrogen) atoms. The maximum atomic E-state index is 12.5. The Morgan fingerprint density at radius 3 is 2.75 bits per heavy atom. The van der Waals surface area contributed by atoms with Crippen molar-refractivity contribution in [1.29, 1.82) is 0 Å². The molecule has 4 rings (SSSR count). The van der Waals surface area contributed by atoms with E-state index in [0.717, 1.165) is 46.7 Å². The van der Waals surface area contributed by atoms with Crippen molar-refractivity contribution in [3.8, 4) is 11.5 Å². The number of benzene rings is 2. The average Bonchev–Trinajstić information content (AvgIpc) is 3.24. The van der Waals surface area contributed by atoms with E-state index < -0.39 is 0 Å². The Bertz CT molecular complexity index is 742. The van der Waals surface area contributed by atoms with Gasteiger partial charge in [-0.15, -0.1) is 0 Å². The molecule has 0 bridgehead atoms. The molecule has 2 aliphatic heterocycles. The zero-order valence-corrected chi connectivity index (χ0v) is 13.6. The molecule has 5 heteroatoms. The van der Waals surface area contributed by atoms with Crippen LogP contribution in [0.1, 0.15) is 29.7 Å². The Labute approximate surface area is 141 Å². The third-order valence-electron chi connectivity index (χ3n) is 4.54. The molecule has 1 unspecified atom stereocenters. The van der Waals surface area contributed by atoms with E-state index in [2.05, 4.69) is 10.6 Å². The van der Waals surface area contributed by atoms with Crippen LogP contribution >= 0.6 is 0 Å². The summed E-state index contributed by atoms with van der Waals surface area (Å²) in [5.41, 5.74) is 3.95. The summed E-state index contributed by atoms with van der Waals surface area (Å²) >= 11 is 0. The van der Waals surface area contributed by atoms with Crippen LogP contribution in [0.3, 0.4) is 0 Å². The lowest BCUT2D eigenvalue weighted by Crippen LogP contribution is -2.31. The smallest absolute Gasteiger partial charge is 0.319 e. The molecule has 0 aliphatic carbocycles. The lowest BCUT2D eigenvalue weighted by molar-refractivity contribution is 0.249. The monoisotopic (exact) mass is 324 g/mol. The van der Waals surface area contributed by atoms with Crippen LogP contribution in [0.5, 0.6) is 11.5 Å². The molecular formula is C19H20N2O3. The second-order valence-electron chi connectivity index (χ2n) is 6.14. The topological polar surface area (TPSA) is 59.6 Å². The maximum absolute atomic E-state index is 12.5. The van der Waals surface area contributed by atoms with Crippen molar-refractivity contribution in [3.05, 3.63) is 53.1 Å². The molecule has 0 saturated carbocycles. The summed E-state index contributed by atoms with van der Waals surface area (Å²) in [5, 5.41) is 5.97. The van der Waals surface area contributed by atoms with Gasteiger partial charge in [0, 0.05) is 24.0 Å². The van der Waals surface area contributed by atoms with Crippen LogP contribution in [0.2, 0.25) is 0 Å². The van der Waals surface area contributed by atoms with Crippen LogP contribution in [-0.2, 0) is 12.8 Å². The number of carbonyl (C=O) groups excluding carboxylic acids is 1. The van der Waals surface area contributed by atoms with E-state index in [4.69, 9.17) is 9.47 Å². The van der Waals surface area contributed by atoms with Crippen LogP contribution in [0.4, 0.5) is 10.5 Å². The number of rotatable bonds is 3. The molecular weight excluding hydrogens is 304 g/mol. The highest BCUT2D eigenvalue weighted by atomic mass is 16.5. The average molecular weight is 324 g/mol. The van der Waals surface area contributed by atoms with Crippen molar-refractivity contribution in [3.63, 3.8) is 0 Å². The van der Waals surface area contributed by atoms with Gasteiger partial charge in [-0.2, -0.15) is 0 Å². The van der Waals surface area contributed by atoms with Gasteiger partial charge in [-0.1, -0.05) is 30.3 Å². The Morgan fingerprint density at radius 1 is 1.12 bits per heavy atom. The molecule has 2 aromatic carbocycles. The van der Waals surface area contributed by atoms with Gasteiger partial charge in [-0.3, -0.25) is 0 Å². The molecule has 0 aromatic heterocycles. The first-order valence-corrected chi connectivity index (χ1v) is 8.29. The lowest BCUT2D eigenvalue weighted by atomic mass is 10.0. The molecule has 0 fully saturated rings. The normalized spacial score (nSPS) is 15.7. The van der Waals surface area contributed by atoms with Crippen LogP contribution in [0, 0.1) is 0 Å². The third-order valence-corrected chi connectivity index (χ3v) is 4.54. The van der Waals surface area contributed by atoms with Gasteiger partial charge in [0.05, 0.1) is 24.9 Å². The number of urea groups is 1. The quantitative estimate of drug-likeness (QED) is 0.909. The summed E-state index contributed by atoms with van der Waals surface area (Å²) in [6.07, 6.45) is 1.64. The first kappa shape index (κ1) is 14.9. The predicted molar refractivity (Wildman–Crippen MR) is 91.9 cm³/mol. The SMILES string of the molecule is CC(NC(=O)Nc1c2c(cc3c1OCC3)OCC2)c1ccccc1. The maximum Gasteiger partial charge on any atom is 0.319 e. The molecule has 5 nitrogen and oxygen atoms in total. The summed E-state index contributed by atoms with van der Waals surface area (Å²) < 4.78 is 11.4. The van der Waals surface area contributed by atoms with Crippen molar-refractivity contribution < 1.29 is 14.3 Å². The van der Waals surface area contributed by atoms with Gasteiger partial charge in [0.25, 0.3) is 0 Å². The second-order valence-corrected chi connectivity index (χ2v) is 6.14. The highest BCUT2D eigenvalue weighted by molar-refractivity contribution is 5.93. The Kier molecular flexibility index (Phi) is 3.76. The summed E-state index contributed by atoms with van der Waals surface area (Å²) in [5.74, 6) is 1.66. The molecule has 2 aromatic rings. The summed E-state index contributed by atoms with van der Waals surface area (Å²) in [6.45, 7) is 3.26. The molecule has 2 amide bonds. The van der Waals surface area contributed by atoms with Crippen molar-refractivity contribution in [1.82, 2.24) is 5.32 Å². The first-order valence-electron chi connectivity index (χ1n) is 8.29. The van der Waals surface area contributed by atoms with Crippen LogP contribution in [-0.4, -0.2) is 19.2 Å². The molecule has 0 saturated heterocycles.